The van der Waals surface area contributed by atoms with Crippen molar-refractivity contribution in [2.75, 3.05) is 5.32 Å². The molecule has 0 spiro atoms. The number of anilines is 1. The standard InChI is InChI=1S/C17H10ClN3OS/c18-13-6-5-12(9-11(13)10-19)20-16(22)7-8-17-21-14-3-1-2-4-15(14)23-17/h1-9H,(H,20,22)/b8-7+. The Labute approximate surface area is 141 Å². The Morgan fingerprint density at radius 3 is 2.91 bits per heavy atom. The molecule has 0 bridgehead atoms. The van der Waals surface area contributed by atoms with Gasteiger partial charge < -0.3 is 5.32 Å². The highest BCUT2D eigenvalue weighted by atomic mass is 35.5. The number of halogens is 1. The lowest BCUT2D eigenvalue weighted by Gasteiger charge is -2.03. The Hall–Kier alpha value is -2.68. The van der Waals surface area contributed by atoms with E-state index in [2.05, 4.69) is 10.3 Å². The molecular formula is C17H10ClN3OS. The summed E-state index contributed by atoms with van der Waals surface area (Å²) in [4.78, 5) is 16.4. The summed E-state index contributed by atoms with van der Waals surface area (Å²) in [6.45, 7) is 0. The normalized spacial score (nSPS) is 10.8. The Bertz CT molecular complexity index is 923. The third kappa shape index (κ3) is 3.57. The number of carbonyl (C=O) groups is 1. The Kier molecular flexibility index (Phi) is 4.38. The summed E-state index contributed by atoms with van der Waals surface area (Å²) in [7, 11) is 0. The Morgan fingerprint density at radius 1 is 1.30 bits per heavy atom. The van der Waals surface area contributed by atoms with Gasteiger partial charge in [-0.25, -0.2) is 4.98 Å². The number of nitriles is 1. The van der Waals surface area contributed by atoms with Crippen LogP contribution in [0, 0.1) is 11.3 Å². The van der Waals surface area contributed by atoms with Crippen molar-refractivity contribution >= 4 is 50.8 Å². The van der Waals surface area contributed by atoms with Crippen molar-refractivity contribution in [3.05, 3.63) is 64.1 Å². The smallest absolute Gasteiger partial charge is 0.248 e. The first kappa shape index (κ1) is 15.2. The Balaban J connectivity index is 1.72. The summed E-state index contributed by atoms with van der Waals surface area (Å²) < 4.78 is 1.07. The molecule has 3 aromatic rings. The minimum Gasteiger partial charge on any atom is -0.322 e. The van der Waals surface area contributed by atoms with Crippen molar-refractivity contribution < 1.29 is 4.79 Å². The third-order valence-electron chi connectivity index (χ3n) is 3.04. The maximum absolute atomic E-state index is 11.9. The molecule has 0 radical (unpaired) electrons. The van der Waals surface area contributed by atoms with Gasteiger partial charge in [0.25, 0.3) is 0 Å². The van der Waals surface area contributed by atoms with E-state index in [1.165, 1.54) is 23.5 Å². The molecule has 1 N–H and O–H groups in total. The predicted octanol–water partition coefficient (Wildman–Crippen LogP) is 4.47. The number of nitrogens with zero attached hydrogens (tertiary/aromatic N) is 2. The summed E-state index contributed by atoms with van der Waals surface area (Å²) in [6.07, 6.45) is 3.08. The number of aromatic nitrogens is 1. The highest BCUT2D eigenvalue weighted by Crippen LogP contribution is 2.23. The van der Waals surface area contributed by atoms with Crippen LogP contribution in [0.2, 0.25) is 5.02 Å². The molecule has 4 nitrogen and oxygen atoms in total. The second-order valence-corrected chi connectivity index (χ2v) is 6.12. The molecule has 0 atom stereocenters. The van der Waals surface area contributed by atoms with Gasteiger partial charge in [0.15, 0.2) is 0 Å². The number of nitrogens with one attached hydrogen (secondary N) is 1. The van der Waals surface area contributed by atoms with Crippen molar-refractivity contribution in [2.24, 2.45) is 0 Å². The average molecular weight is 340 g/mol. The third-order valence-corrected chi connectivity index (χ3v) is 4.37. The number of thiazole rings is 1. The summed E-state index contributed by atoms with van der Waals surface area (Å²) in [6, 6.07) is 14.5. The number of rotatable bonds is 3. The maximum Gasteiger partial charge on any atom is 0.248 e. The molecule has 3 rings (SSSR count). The van der Waals surface area contributed by atoms with Gasteiger partial charge in [0.2, 0.25) is 5.91 Å². The summed E-state index contributed by atoms with van der Waals surface area (Å²) in [5, 5.41) is 12.7. The van der Waals surface area contributed by atoms with Gasteiger partial charge in [-0.1, -0.05) is 23.7 Å². The largest absolute Gasteiger partial charge is 0.322 e. The van der Waals surface area contributed by atoms with Gasteiger partial charge in [-0.05, 0) is 36.4 Å². The van der Waals surface area contributed by atoms with E-state index in [0.29, 0.717) is 16.3 Å². The molecule has 0 unspecified atom stereocenters. The average Bonchev–Trinajstić information content (AvgIpc) is 2.97. The molecule has 0 fully saturated rings. The molecule has 0 saturated heterocycles. The van der Waals surface area contributed by atoms with Crippen LogP contribution in [0.1, 0.15) is 10.6 Å². The van der Waals surface area contributed by atoms with E-state index < -0.39 is 0 Å². The molecule has 1 amide bonds. The lowest BCUT2D eigenvalue weighted by molar-refractivity contribution is -0.111. The van der Waals surface area contributed by atoms with Crippen LogP contribution in [0.15, 0.2) is 48.5 Å². The highest BCUT2D eigenvalue weighted by Gasteiger charge is 2.04. The summed E-state index contributed by atoms with van der Waals surface area (Å²) in [5.74, 6) is -0.296. The van der Waals surface area contributed by atoms with Gasteiger partial charge in [-0.3, -0.25) is 4.79 Å². The summed E-state index contributed by atoms with van der Waals surface area (Å²) >= 11 is 7.37. The Morgan fingerprint density at radius 2 is 2.13 bits per heavy atom. The van der Waals surface area contributed by atoms with Crippen molar-refractivity contribution in [3.8, 4) is 6.07 Å². The van der Waals surface area contributed by atoms with E-state index >= 15 is 0 Å². The second-order valence-electron chi connectivity index (χ2n) is 4.65. The van der Waals surface area contributed by atoms with Crippen molar-refractivity contribution in [2.45, 2.75) is 0 Å². The molecule has 6 heteroatoms. The van der Waals surface area contributed by atoms with Gasteiger partial charge in [-0.2, -0.15) is 5.26 Å². The first-order valence-corrected chi connectivity index (χ1v) is 7.89. The maximum atomic E-state index is 11.9. The zero-order chi connectivity index (χ0) is 16.2. The van der Waals surface area contributed by atoms with Crippen LogP contribution in [0.4, 0.5) is 5.69 Å². The molecule has 0 aliphatic heterocycles. The van der Waals surface area contributed by atoms with Gasteiger partial charge in [0, 0.05) is 11.8 Å². The van der Waals surface area contributed by atoms with Crippen LogP contribution in [0.3, 0.4) is 0 Å². The quantitative estimate of drug-likeness (QED) is 0.716. The van der Waals surface area contributed by atoms with Crippen LogP contribution in [0.25, 0.3) is 16.3 Å². The molecule has 0 aliphatic carbocycles. The van der Waals surface area contributed by atoms with E-state index in [1.54, 1.807) is 18.2 Å². The fourth-order valence-corrected chi connectivity index (χ4v) is 3.01. The van der Waals surface area contributed by atoms with Crippen molar-refractivity contribution in [1.29, 1.82) is 5.26 Å². The number of benzene rings is 2. The van der Waals surface area contributed by atoms with E-state index in [4.69, 9.17) is 16.9 Å². The molecule has 2 aromatic carbocycles. The number of hydrogen-bond donors (Lipinski definition) is 1. The van der Waals surface area contributed by atoms with Crippen molar-refractivity contribution in [3.63, 3.8) is 0 Å². The SMILES string of the molecule is N#Cc1cc(NC(=O)/C=C/c2nc3ccccc3s2)ccc1Cl. The molecule has 1 heterocycles. The molecule has 1 aromatic heterocycles. The predicted molar refractivity (Wildman–Crippen MR) is 93.5 cm³/mol. The van der Waals surface area contributed by atoms with Gasteiger partial charge >= 0.3 is 0 Å². The minimum absolute atomic E-state index is 0.296. The van der Waals surface area contributed by atoms with E-state index in [-0.39, 0.29) is 5.91 Å². The molecule has 112 valence electrons. The number of carbonyl (C=O) groups excluding carboxylic acids is 1. The van der Waals surface area contributed by atoms with Gasteiger partial charge in [-0.15, -0.1) is 11.3 Å². The fourth-order valence-electron chi connectivity index (χ4n) is 1.98. The van der Waals surface area contributed by atoms with Crippen LogP contribution in [-0.2, 0) is 4.79 Å². The minimum atomic E-state index is -0.296. The zero-order valence-corrected chi connectivity index (χ0v) is 13.4. The van der Waals surface area contributed by atoms with Crippen LogP contribution >= 0.6 is 22.9 Å². The topological polar surface area (TPSA) is 65.8 Å². The van der Waals surface area contributed by atoms with Crippen LogP contribution < -0.4 is 5.32 Å². The molecule has 23 heavy (non-hydrogen) atoms. The fraction of sp³-hybridized carbons (Fsp3) is 0. The number of amides is 1. The summed E-state index contributed by atoms with van der Waals surface area (Å²) in [5.41, 5.74) is 1.75. The van der Waals surface area contributed by atoms with E-state index in [1.807, 2.05) is 30.3 Å². The monoisotopic (exact) mass is 339 g/mol. The lowest BCUT2D eigenvalue weighted by atomic mass is 10.2. The van der Waals surface area contributed by atoms with Crippen LogP contribution in [0.5, 0.6) is 0 Å². The highest BCUT2D eigenvalue weighted by molar-refractivity contribution is 7.19. The second kappa shape index (κ2) is 6.61. The first-order valence-electron chi connectivity index (χ1n) is 6.70. The number of fused-ring (bicyclic) bond motifs is 1. The van der Waals surface area contributed by atoms with Gasteiger partial charge in [0.05, 0.1) is 20.8 Å². The molecule has 0 saturated carbocycles. The van der Waals surface area contributed by atoms with Gasteiger partial charge in [0.1, 0.15) is 11.1 Å². The lowest BCUT2D eigenvalue weighted by Crippen LogP contribution is -2.07. The van der Waals surface area contributed by atoms with Crippen LogP contribution in [-0.4, -0.2) is 10.9 Å². The van der Waals surface area contributed by atoms with E-state index in [9.17, 15) is 4.79 Å². The zero-order valence-electron chi connectivity index (χ0n) is 11.8. The molecular weight excluding hydrogens is 330 g/mol. The first-order chi connectivity index (χ1) is 11.2. The molecule has 0 aliphatic rings. The van der Waals surface area contributed by atoms with E-state index in [0.717, 1.165) is 15.2 Å². The number of para-hydroxylation sites is 1. The van der Waals surface area contributed by atoms with Crippen molar-refractivity contribution in [1.82, 2.24) is 4.98 Å². The number of hydrogen-bond acceptors (Lipinski definition) is 4.